The maximum atomic E-state index is 10.7. The third-order valence-electron chi connectivity index (χ3n) is 9.46. The van der Waals surface area contributed by atoms with E-state index in [4.69, 9.17) is 25.9 Å². The molecule has 8 aromatic carbocycles. The van der Waals surface area contributed by atoms with Crippen LogP contribution in [0.5, 0.6) is 0 Å². The largest absolute Gasteiger partial charge is 2.00 e. The summed E-state index contributed by atoms with van der Waals surface area (Å²) in [6.07, 6.45) is 0. The molecule has 0 spiro atoms. The van der Waals surface area contributed by atoms with Crippen molar-refractivity contribution < 1.29 is 68.8 Å². The molecule has 0 heterocycles. The molecule has 0 bridgehead atoms. The molecule has 17 heteroatoms. The number of hydrogen-bond acceptors (Lipinski definition) is 6. The van der Waals surface area contributed by atoms with Gasteiger partial charge in [0.1, 0.15) is 31.8 Å². The predicted octanol–water partition coefficient (Wildman–Crippen LogP) is 8.74. The van der Waals surface area contributed by atoms with Crippen LogP contribution in [0.1, 0.15) is 0 Å². The summed E-state index contributed by atoms with van der Waals surface area (Å²) in [5.74, 6) is 0. The van der Waals surface area contributed by atoms with E-state index in [2.05, 4.69) is 194 Å². The normalized spacial score (nSPS) is 11.9. The molecule has 0 aliphatic rings. The van der Waals surface area contributed by atoms with E-state index >= 15 is 0 Å². The monoisotopic (exact) mass is 980 g/mol. The molecule has 8 aromatic rings. The van der Waals surface area contributed by atoms with Crippen LogP contribution in [0, 0.1) is 0 Å². The number of halogens is 6. The van der Waals surface area contributed by atoms with Crippen molar-refractivity contribution in [2.75, 3.05) is 0 Å². The fraction of sp³-hybridized carbons (Fsp3) is 0.0435. The molecule has 0 unspecified atom stereocenters. The molecular formula is C46H34F6NiO6P2S2+2. The van der Waals surface area contributed by atoms with Gasteiger partial charge in [-0.05, 0) is 82.2 Å². The van der Waals surface area contributed by atoms with Gasteiger partial charge in [0.2, 0.25) is 0 Å². The molecule has 0 atom stereocenters. The van der Waals surface area contributed by atoms with E-state index in [1.165, 1.54) is 64.5 Å². The van der Waals surface area contributed by atoms with Crippen LogP contribution in [0.3, 0.4) is 0 Å². The standard InChI is InChI=1S/C44H32P2.2CHF3O3S.Ni/c1-5-19-35(20-6-1)45(36-21-7-2-8-22-36)41-31-29-33-17-13-15-27-39(33)43(41)44-40-28-16-14-18-34(40)30-32-42(44)46(37-23-9-3-10-24-37)38-25-11-4-12-26-38;2*2-1(3,4)8(5,6)7;/h1-32H;2*(H,5,6,7);/q;;;+2. The van der Waals surface area contributed by atoms with Gasteiger partial charge in [0.15, 0.2) is 20.2 Å². The Labute approximate surface area is 372 Å². The van der Waals surface area contributed by atoms with E-state index in [1.807, 2.05) is 0 Å². The van der Waals surface area contributed by atoms with Gasteiger partial charge in [0, 0.05) is 11.1 Å². The van der Waals surface area contributed by atoms with Crippen LogP contribution in [0.2, 0.25) is 0 Å². The predicted molar refractivity (Wildman–Crippen MR) is 239 cm³/mol. The van der Waals surface area contributed by atoms with E-state index in [0.717, 1.165) is 0 Å². The first kappa shape index (κ1) is 49.1. The minimum absolute atomic E-state index is 0. The Balaban J connectivity index is 0.000000377. The van der Waals surface area contributed by atoms with Gasteiger partial charge in [0.05, 0.1) is 15.8 Å². The Kier molecular flexibility index (Phi) is 16.1. The topological polar surface area (TPSA) is 114 Å². The minimum atomic E-state index is -6.09. The van der Waals surface area contributed by atoms with Crippen molar-refractivity contribution in [3.63, 3.8) is 0 Å². The Morgan fingerprint density at radius 3 is 0.810 bits per heavy atom. The molecule has 0 fully saturated rings. The van der Waals surface area contributed by atoms with E-state index in [9.17, 15) is 26.3 Å². The average molecular weight is 982 g/mol. The summed E-state index contributed by atoms with van der Waals surface area (Å²) in [4.78, 5) is 0. The fourth-order valence-electron chi connectivity index (χ4n) is 6.87. The van der Waals surface area contributed by atoms with Crippen LogP contribution >= 0.6 is 15.8 Å². The van der Waals surface area contributed by atoms with Crippen LogP contribution in [-0.2, 0) is 36.7 Å². The Bertz CT molecular complexity index is 2720. The van der Waals surface area contributed by atoms with Crippen molar-refractivity contribution >= 4 is 89.5 Å². The van der Waals surface area contributed by atoms with Crippen LogP contribution in [0.15, 0.2) is 194 Å². The second-order valence-electron chi connectivity index (χ2n) is 13.4. The zero-order valence-electron chi connectivity index (χ0n) is 32.3. The first-order valence-corrected chi connectivity index (χ1v) is 24.2. The van der Waals surface area contributed by atoms with E-state index < -0.39 is 47.1 Å². The molecule has 0 amide bonds. The van der Waals surface area contributed by atoms with Gasteiger partial charge in [-0.3, -0.25) is 0 Å². The maximum absolute atomic E-state index is 10.7. The molecule has 8 rings (SSSR count). The zero-order valence-corrected chi connectivity index (χ0v) is 36.9. The third-order valence-corrected chi connectivity index (χ3v) is 16.2. The Morgan fingerprint density at radius 2 is 0.571 bits per heavy atom. The molecule has 0 N–H and O–H groups in total. The summed E-state index contributed by atoms with van der Waals surface area (Å²) in [6.45, 7) is 0. The smallest absolute Gasteiger partial charge is 0.741 e. The van der Waals surface area contributed by atoms with Crippen molar-refractivity contribution in [2.24, 2.45) is 0 Å². The van der Waals surface area contributed by atoms with E-state index in [0.29, 0.717) is 0 Å². The third kappa shape index (κ3) is 11.8. The quantitative estimate of drug-likeness (QED) is 0.0519. The van der Waals surface area contributed by atoms with E-state index in [-0.39, 0.29) is 16.5 Å². The van der Waals surface area contributed by atoms with Gasteiger partial charge < -0.3 is 9.11 Å². The second kappa shape index (κ2) is 20.7. The van der Waals surface area contributed by atoms with Crippen molar-refractivity contribution in [2.45, 2.75) is 11.0 Å². The van der Waals surface area contributed by atoms with Crippen molar-refractivity contribution in [1.82, 2.24) is 0 Å². The fourth-order valence-corrected chi connectivity index (χ4v) is 12.4. The van der Waals surface area contributed by atoms with Gasteiger partial charge in [-0.1, -0.05) is 133 Å². The van der Waals surface area contributed by atoms with Gasteiger partial charge in [0.25, 0.3) is 0 Å². The molecule has 326 valence electrons. The second-order valence-corrected chi connectivity index (χ2v) is 21.1. The van der Waals surface area contributed by atoms with Crippen LogP contribution in [0.25, 0.3) is 32.7 Å². The number of benzene rings is 8. The average Bonchev–Trinajstić information content (AvgIpc) is 3.24. The van der Waals surface area contributed by atoms with Crippen molar-refractivity contribution in [3.8, 4) is 11.1 Å². The summed E-state index contributed by atoms with van der Waals surface area (Å²) >= 11 is 0. The molecular weight excluding hydrogens is 947 g/mol. The SMILES string of the molecule is O=S(=O)([O-])C(F)(F)F.O=S(=O)([O-])C(F)(F)F.[Ni+2].c1ccc([PH+](c2ccccc2)c2ccc3ccccc3c2-c2c([PH+](c3ccccc3)c3ccccc3)ccc3ccccc23)cc1. The van der Waals surface area contributed by atoms with Crippen LogP contribution in [0.4, 0.5) is 26.3 Å². The summed E-state index contributed by atoms with van der Waals surface area (Å²) in [7, 11) is -14.9. The first-order chi connectivity index (χ1) is 29.4. The molecule has 63 heavy (non-hydrogen) atoms. The van der Waals surface area contributed by atoms with Crippen LogP contribution in [-0.4, -0.2) is 37.0 Å². The number of hydrogen-bond donors (Lipinski definition) is 0. The summed E-state index contributed by atoms with van der Waals surface area (Å²) < 4.78 is 118. The van der Waals surface area contributed by atoms with Gasteiger partial charge in [-0.2, -0.15) is 26.3 Å². The van der Waals surface area contributed by atoms with Crippen molar-refractivity contribution in [1.29, 1.82) is 0 Å². The molecule has 0 aliphatic carbocycles. The molecule has 0 saturated carbocycles. The minimum Gasteiger partial charge on any atom is -0.741 e. The zero-order chi connectivity index (χ0) is 44.7. The molecule has 0 aromatic heterocycles. The molecule has 6 nitrogen and oxygen atoms in total. The molecule has 0 saturated heterocycles. The number of rotatable bonds is 7. The Hall–Kier alpha value is -4.97. The molecule has 0 radical (unpaired) electrons. The first-order valence-electron chi connectivity index (χ1n) is 18.4. The summed E-state index contributed by atoms with van der Waals surface area (Å²) in [5.41, 5.74) is -8.54. The van der Waals surface area contributed by atoms with E-state index in [1.54, 1.807) is 0 Å². The Morgan fingerprint density at radius 1 is 0.349 bits per heavy atom. The van der Waals surface area contributed by atoms with Crippen LogP contribution < -0.4 is 31.8 Å². The summed E-state index contributed by atoms with van der Waals surface area (Å²) in [5, 5.41) is 13.6. The van der Waals surface area contributed by atoms with Gasteiger partial charge >= 0.3 is 27.5 Å². The van der Waals surface area contributed by atoms with Gasteiger partial charge in [-0.25, -0.2) is 16.8 Å². The van der Waals surface area contributed by atoms with Gasteiger partial charge in [-0.15, -0.1) is 0 Å². The molecule has 0 aliphatic heterocycles. The number of alkyl halides is 6. The van der Waals surface area contributed by atoms with Crippen molar-refractivity contribution in [3.05, 3.63) is 194 Å². The maximum Gasteiger partial charge on any atom is 2.00 e. The number of fused-ring (bicyclic) bond motifs is 2. The summed E-state index contributed by atoms with van der Waals surface area (Å²) in [6, 6.07) is 72.2.